The van der Waals surface area contributed by atoms with Gasteiger partial charge in [-0.3, -0.25) is 9.59 Å². The molecule has 1 heterocycles. The number of para-hydroxylation sites is 1. The van der Waals surface area contributed by atoms with Gasteiger partial charge in [0.05, 0.1) is 6.04 Å². The zero-order valence-corrected chi connectivity index (χ0v) is 23.0. The summed E-state index contributed by atoms with van der Waals surface area (Å²) in [7, 11) is 0. The van der Waals surface area contributed by atoms with E-state index in [1.165, 1.54) is 4.80 Å². The van der Waals surface area contributed by atoms with E-state index in [9.17, 15) is 14.7 Å². The van der Waals surface area contributed by atoms with Crippen LogP contribution in [0.2, 0.25) is 0 Å². The van der Waals surface area contributed by atoms with Gasteiger partial charge in [0.25, 0.3) is 0 Å². The van der Waals surface area contributed by atoms with Gasteiger partial charge in [0.1, 0.15) is 22.5 Å². The van der Waals surface area contributed by atoms with Crippen LogP contribution in [0.3, 0.4) is 0 Å². The highest BCUT2D eigenvalue weighted by Gasteiger charge is 2.28. The van der Waals surface area contributed by atoms with Crippen molar-refractivity contribution in [2.24, 2.45) is 0 Å². The summed E-state index contributed by atoms with van der Waals surface area (Å²) in [4.78, 5) is 27.7. The number of nitrogens with zero attached hydrogens (tertiary/aromatic N) is 3. The van der Waals surface area contributed by atoms with E-state index >= 15 is 0 Å². The van der Waals surface area contributed by atoms with Gasteiger partial charge in [-0.25, -0.2) is 0 Å². The summed E-state index contributed by atoms with van der Waals surface area (Å²) < 4.78 is 0. The molecule has 1 aromatic heterocycles. The molecule has 0 radical (unpaired) electrons. The monoisotopic (exact) mass is 547 g/mol. The van der Waals surface area contributed by atoms with Crippen LogP contribution in [-0.4, -0.2) is 38.0 Å². The number of phenols is 1. The van der Waals surface area contributed by atoms with Gasteiger partial charge in [0, 0.05) is 11.6 Å². The minimum absolute atomic E-state index is 0.00276. The van der Waals surface area contributed by atoms with Gasteiger partial charge in [-0.2, -0.15) is 0 Å². The van der Waals surface area contributed by atoms with Crippen molar-refractivity contribution >= 4 is 33.6 Å². The third-order valence-corrected chi connectivity index (χ3v) is 7.98. The Morgan fingerprint density at radius 2 is 1.61 bits per heavy atom. The minimum Gasteiger partial charge on any atom is -0.505 e. The Balaban J connectivity index is 1.40. The average molecular weight is 548 g/mol. The molecule has 4 aromatic carbocycles. The molecule has 208 valence electrons. The first-order valence-corrected chi connectivity index (χ1v) is 14.3. The standard InChI is InChI=1S/C33H33N5O3/c1-2-21-18-19-27-28(20-21)37-38(36-27)29-17-9-16-26(31(29)39)30(25-15-8-11-22-10-6-7-14-24(22)25)35-33(41)32(40)34-23-12-4-3-5-13-23/h6-11,14-20,23,30,39H,2-5,12-13H2,1H3,(H,34,40)(H,35,41). The van der Waals surface area contributed by atoms with Crippen LogP contribution in [-0.2, 0) is 16.0 Å². The smallest absolute Gasteiger partial charge is 0.310 e. The largest absolute Gasteiger partial charge is 0.505 e. The maximum atomic E-state index is 13.3. The van der Waals surface area contributed by atoms with Gasteiger partial charge in [0.15, 0.2) is 0 Å². The number of amides is 2. The highest BCUT2D eigenvalue weighted by Crippen LogP contribution is 2.36. The molecule has 3 N–H and O–H groups in total. The lowest BCUT2D eigenvalue weighted by atomic mass is 9.92. The maximum Gasteiger partial charge on any atom is 0.310 e. The molecule has 0 bridgehead atoms. The first-order chi connectivity index (χ1) is 20.0. The highest BCUT2D eigenvalue weighted by atomic mass is 16.3. The third kappa shape index (κ3) is 5.37. The van der Waals surface area contributed by atoms with Crippen LogP contribution >= 0.6 is 0 Å². The summed E-state index contributed by atoms with van der Waals surface area (Å²) in [5.41, 5.74) is 4.17. The van der Waals surface area contributed by atoms with Crippen LogP contribution in [0.4, 0.5) is 0 Å². The van der Waals surface area contributed by atoms with Crippen LogP contribution in [0, 0.1) is 0 Å². The molecule has 41 heavy (non-hydrogen) atoms. The Hall–Kier alpha value is -4.72. The molecular formula is C33H33N5O3. The molecule has 1 fully saturated rings. The van der Waals surface area contributed by atoms with Crippen molar-refractivity contribution in [3.8, 4) is 11.4 Å². The number of nitrogens with one attached hydrogen (secondary N) is 2. The van der Waals surface area contributed by atoms with E-state index in [0.29, 0.717) is 16.8 Å². The molecule has 1 atom stereocenters. The molecule has 8 nitrogen and oxygen atoms in total. The first kappa shape index (κ1) is 26.5. The van der Waals surface area contributed by atoms with E-state index in [1.54, 1.807) is 18.2 Å². The van der Waals surface area contributed by atoms with E-state index in [2.05, 4.69) is 27.8 Å². The maximum absolute atomic E-state index is 13.3. The number of phenolic OH excluding ortho intramolecular Hbond substituents is 1. The fraction of sp³-hybridized carbons (Fsp3) is 0.273. The quantitative estimate of drug-likeness (QED) is 0.243. The molecule has 6 rings (SSSR count). The number of aromatic nitrogens is 3. The topological polar surface area (TPSA) is 109 Å². The summed E-state index contributed by atoms with van der Waals surface area (Å²) >= 11 is 0. The average Bonchev–Trinajstić information content (AvgIpc) is 3.43. The van der Waals surface area contributed by atoms with Gasteiger partial charge >= 0.3 is 11.8 Å². The second kappa shape index (κ2) is 11.4. The zero-order valence-electron chi connectivity index (χ0n) is 23.0. The van der Waals surface area contributed by atoms with Crippen molar-refractivity contribution in [2.45, 2.75) is 57.5 Å². The molecule has 0 spiro atoms. The van der Waals surface area contributed by atoms with E-state index in [0.717, 1.165) is 65.9 Å². The highest BCUT2D eigenvalue weighted by molar-refractivity contribution is 6.35. The molecule has 0 aliphatic heterocycles. The Morgan fingerprint density at radius 1 is 0.878 bits per heavy atom. The number of hydrogen-bond acceptors (Lipinski definition) is 5. The number of carbonyl (C=O) groups is 2. The van der Waals surface area contributed by atoms with Crippen LogP contribution in [0.15, 0.2) is 78.9 Å². The summed E-state index contributed by atoms with van der Waals surface area (Å²) in [6.45, 7) is 2.08. The van der Waals surface area contributed by atoms with E-state index in [-0.39, 0.29) is 11.8 Å². The number of aryl methyl sites for hydroxylation is 1. The van der Waals surface area contributed by atoms with Crippen molar-refractivity contribution in [2.75, 3.05) is 0 Å². The summed E-state index contributed by atoms with van der Waals surface area (Å²) in [6, 6.07) is 24.1. The van der Waals surface area contributed by atoms with Gasteiger partial charge < -0.3 is 15.7 Å². The van der Waals surface area contributed by atoms with Crippen molar-refractivity contribution < 1.29 is 14.7 Å². The van der Waals surface area contributed by atoms with Gasteiger partial charge in [-0.05, 0) is 59.4 Å². The summed E-state index contributed by atoms with van der Waals surface area (Å²) in [6.07, 6.45) is 5.87. The van der Waals surface area contributed by atoms with Crippen LogP contribution in [0.1, 0.15) is 61.8 Å². The molecule has 1 aliphatic carbocycles. The Morgan fingerprint density at radius 3 is 2.44 bits per heavy atom. The van der Waals surface area contributed by atoms with Crippen LogP contribution in [0.5, 0.6) is 5.75 Å². The number of aromatic hydroxyl groups is 1. The number of carbonyl (C=O) groups excluding carboxylic acids is 2. The number of benzene rings is 4. The fourth-order valence-electron chi connectivity index (χ4n) is 5.75. The predicted molar refractivity (Wildman–Crippen MR) is 159 cm³/mol. The minimum atomic E-state index is -0.803. The second-order valence-electron chi connectivity index (χ2n) is 10.7. The summed E-state index contributed by atoms with van der Waals surface area (Å²) in [5.74, 6) is -1.48. The Bertz CT molecular complexity index is 1730. The van der Waals surface area contributed by atoms with Crippen molar-refractivity contribution in [3.63, 3.8) is 0 Å². The van der Waals surface area contributed by atoms with Crippen molar-refractivity contribution in [1.82, 2.24) is 25.6 Å². The lowest BCUT2D eigenvalue weighted by Crippen LogP contribution is -2.46. The molecule has 1 unspecified atom stereocenters. The number of hydrogen-bond donors (Lipinski definition) is 3. The van der Waals surface area contributed by atoms with Crippen LogP contribution < -0.4 is 10.6 Å². The third-order valence-electron chi connectivity index (χ3n) is 7.98. The van der Waals surface area contributed by atoms with Crippen molar-refractivity contribution in [1.29, 1.82) is 0 Å². The number of rotatable bonds is 6. The Labute approximate surface area is 238 Å². The zero-order chi connectivity index (χ0) is 28.3. The van der Waals surface area contributed by atoms with Crippen LogP contribution in [0.25, 0.3) is 27.5 Å². The predicted octanol–water partition coefficient (Wildman–Crippen LogP) is 5.50. The van der Waals surface area contributed by atoms with E-state index < -0.39 is 17.9 Å². The molecule has 5 aromatic rings. The first-order valence-electron chi connectivity index (χ1n) is 14.3. The van der Waals surface area contributed by atoms with Crippen molar-refractivity contribution in [3.05, 3.63) is 95.6 Å². The molecule has 2 amide bonds. The van der Waals surface area contributed by atoms with Gasteiger partial charge in [-0.15, -0.1) is 15.0 Å². The molecule has 8 heteroatoms. The molecular weight excluding hydrogens is 514 g/mol. The SMILES string of the molecule is CCc1ccc2nn(-c3cccc(C(NC(=O)C(=O)NC4CCCCC4)c4cccc5ccccc45)c3O)nc2c1. The fourth-order valence-corrected chi connectivity index (χ4v) is 5.75. The number of fused-ring (bicyclic) bond motifs is 2. The van der Waals surface area contributed by atoms with Gasteiger partial charge in [-0.1, -0.05) is 86.8 Å². The molecule has 1 aliphatic rings. The summed E-state index contributed by atoms with van der Waals surface area (Å²) in [5, 5.41) is 28.6. The molecule has 1 saturated carbocycles. The van der Waals surface area contributed by atoms with E-state index in [4.69, 9.17) is 0 Å². The lowest BCUT2D eigenvalue weighted by Gasteiger charge is -2.25. The van der Waals surface area contributed by atoms with Gasteiger partial charge in [0.2, 0.25) is 0 Å². The molecule has 0 saturated heterocycles. The Kier molecular flexibility index (Phi) is 7.37. The van der Waals surface area contributed by atoms with E-state index in [1.807, 2.05) is 60.7 Å². The lowest BCUT2D eigenvalue weighted by molar-refractivity contribution is -0.140. The second-order valence-corrected chi connectivity index (χ2v) is 10.7. The normalized spacial score (nSPS) is 14.7.